The van der Waals surface area contributed by atoms with Crippen molar-refractivity contribution in [2.45, 2.75) is 0 Å². The van der Waals surface area contributed by atoms with Crippen molar-refractivity contribution in [3.63, 3.8) is 0 Å². The molecule has 0 atom stereocenters. The van der Waals surface area contributed by atoms with Crippen molar-refractivity contribution in [2.75, 3.05) is 7.11 Å². The average molecular weight is 394 g/mol. The molecular weight excluding hydrogens is 376 g/mol. The molecule has 0 unspecified atom stereocenters. The Bertz CT molecular complexity index is 1420. The minimum Gasteiger partial charge on any atom is -0.496 e. The fraction of sp³-hybridized carbons (Fsp3) is 0.0400. The summed E-state index contributed by atoms with van der Waals surface area (Å²) in [5.74, 6) is -0.649. The molecule has 0 spiro atoms. The summed E-state index contributed by atoms with van der Waals surface area (Å²) in [6.07, 6.45) is 1.84. The Kier molecular flexibility index (Phi) is 4.21. The first-order chi connectivity index (χ1) is 14.6. The van der Waals surface area contributed by atoms with Crippen LogP contribution in [-0.4, -0.2) is 27.7 Å². The molecule has 0 aliphatic carbocycles. The predicted octanol–water partition coefficient (Wildman–Crippen LogP) is 5.55. The van der Waals surface area contributed by atoms with E-state index in [9.17, 15) is 9.90 Å². The van der Waals surface area contributed by atoms with Crippen LogP contribution >= 0.6 is 0 Å². The Morgan fingerprint density at radius 1 is 0.900 bits per heavy atom. The number of para-hydroxylation sites is 2. The molecule has 0 fully saturated rings. The van der Waals surface area contributed by atoms with E-state index in [1.54, 1.807) is 12.1 Å². The lowest BCUT2D eigenvalue weighted by Gasteiger charge is -2.10. The molecule has 0 aliphatic heterocycles. The van der Waals surface area contributed by atoms with Crippen molar-refractivity contribution in [1.82, 2.24) is 9.55 Å². The van der Waals surface area contributed by atoms with E-state index in [4.69, 9.17) is 4.74 Å². The number of imidazole rings is 1. The van der Waals surface area contributed by atoms with Gasteiger partial charge < -0.3 is 9.84 Å². The third-order valence-corrected chi connectivity index (χ3v) is 5.30. The smallest absolute Gasteiger partial charge is 0.339 e. The number of methoxy groups -OCH3 is 1. The van der Waals surface area contributed by atoms with E-state index < -0.39 is 5.97 Å². The first-order valence-electron chi connectivity index (χ1n) is 9.52. The summed E-state index contributed by atoms with van der Waals surface area (Å²) in [7, 11) is 1.48. The highest BCUT2D eigenvalue weighted by Crippen LogP contribution is 2.31. The fourth-order valence-electron chi connectivity index (χ4n) is 3.79. The molecule has 1 heterocycles. The van der Waals surface area contributed by atoms with Gasteiger partial charge >= 0.3 is 5.97 Å². The summed E-state index contributed by atoms with van der Waals surface area (Å²) >= 11 is 0. The lowest BCUT2D eigenvalue weighted by molar-refractivity contribution is 0.0693. The number of nitrogens with zero attached hydrogens (tertiary/aromatic N) is 2. The summed E-state index contributed by atoms with van der Waals surface area (Å²) in [5, 5.41) is 11.2. The first-order valence-corrected chi connectivity index (χ1v) is 9.52. The molecule has 0 radical (unpaired) electrons. The van der Waals surface area contributed by atoms with Crippen LogP contribution in [-0.2, 0) is 0 Å². The second-order valence-corrected chi connectivity index (χ2v) is 7.07. The standard InChI is InChI=1S/C25H18N2O3/c1-30-24-14-19-11-17(9-10-18(19)13-21(24)25(28)29)16-5-4-6-20(12-16)27-15-26-22-7-2-3-8-23(22)27/h2-15H,1H3,(H,28,29). The number of ether oxygens (including phenoxy) is 1. The number of hydrogen-bond donors (Lipinski definition) is 1. The van der Waals surface area contributed by atoms with Gasteiger partial charge in [0.15, 0.2) is 0 Å². The van der Waals surface area contributed by atoms with Gasteiger partial charge in [0.25, 0.3) is 0 Å². The van der Waals surface area contributed by atoms with Crippen molar-refractivity contribution in [1.29, 1.82) is 0 Å². The fourth-order valence-corrected chi connectivity index (χ4v) is 3.79. The van der Waals surface area contributed by atoms with E-state index in [0.29, 0.717) is 5.75 Å². The Hall–Kier alpha value is -4.12. The van der Waals surface area contributed by atoms with Gasteiger partial charge in [-0.25, -0.2) is 9.78 Å². The van der Waals surface area contributed by atoms with Gasteiger partial charge in [-0.05, 0) is 64.4 Å². The van der Waals surface area contributed by atoms with Crippen LogP contribution in [0, 0.1) is 0 Å². The molecule has 1 N–H and O–H groups in total. The largest absolute Gasteiger partial charge is 0.496 e. The molecular formula is C25H18N2O3. The van der Waals surface area contributed by atoms with Gasteiger partial charge in [-0.15, -0.1) is 0 Å². The number of rotatable bonds is 4. The van der Waals surface area contributed by atoms with Gasteiger partial charge in [-0.1, -0.05) is 36.4 Å². The van der Waals surface area contributed by atoms with Gasteiger partial charge in [0.2, 0.25) is 0 Å². The summed E-state index contributed by atoms with van der Waals surface area (Å²) in [5.41, 5.74) is 5.30. The van der Waals surface area contributed by atoms with E-state index in [0.717, 1.165) is 38.6 Å². The Morgan fingerprint density at radius 2 is 1.73 bits per heavy atom. The number of fused-ring (bicyclic) bond motifs is 2. The van der Waals surface area contributed by atoms with Crippen LogP contribution < -0.4 is 4.74 Å². The molecule has 0 bridgehead atoms. The molecule has 0 aliphatic rings. The summed E-state index contributed by atoms with van der Waals surface area (Å²) in [4.78, 5) is 15.9. The molecule has 0 saturated carbocycles. The van der Waals surface area contributed by atoms with E-state index >= 15 is 0 Å². The van der Waals surface area contributed by atoms with Crippen LogP contribution in [0.2, 0.25) is 0 Å². The Morgan fingerprint density at radius 3 is 2.57 bits per heavy atom. The van der Waals surface area contributed by atoms with Gasteiger partial charge in [0.1, 0.15) is 17.6 Å². The minimum absolute atomic E-state index is 0.159. The second kappa shape index (κ2) is 7.04. The van der Waals surface area contributed by atoms with Crippen molar-refractivity contribution in [3.05, 3.63) is 90.8 Å². The van der Waals surface area contributed by atoms with E-state index in [1.807, 2.05) is 42.7 Å². The number of carbonyl (C=O) groups is 1. The molecule has 5 nitrogen and oxygen atoms in total. The first kappa shape index (κ1) is 17.9. The highest BCUT2D eigenvalue weighted by atomic mass is 16.5. The zero-order chi connectivity index (χ0) is 20.7. The van der Waals surface area contributed by atoms with Crippen molar-refractivity contribution < 1.29 is 14.6 Å². The highest BCUT2D eigenvalue weighted by Gasteiger charge is 2.13. The van der Waals surface area contributed by atoms with Crippen molar-refractivity contribution in [3.8, 4) is 22.6 Å². The van der Waals surface area contributed by atoms with Gasteiger partial charge in [-0.3, -0.25) is 4.57 Å². The van der Waals surface area contributed by atoms with Crippen LogP contribution in [0.25, 0.3) is 38.6 Å². The van der Waals surface area contributed by atoms with Crippen LogP contribution in [0.3, 0.4) is 0 Å². The minimum atomic E-state index is -1.00. The number of aromatic carboxylic acids is 1. The average Bonchev–Trinajstić information content (AvgIpc) is 3.22. The highest BCUT2D eigenvalue weighted by molar-refractivity contribution is 5.99. The third kappa shape index (κ3) is 2.97. The molecule has 4 aromatic carbocycles. The maximum absolute atomic E-state index is 11.5. The third-order valence-electron chi connectivity index (χ3n) is 5.30. The molecule has 0 saturated heterocycles. The van der Waals surface area contributed by atoms with Crippen molar-refractivity contribution in [2.24, 2.45) is 0 Å². The Balaban J connectivity index is 1.61. The van der Waals surface area contributed by atoms with Crippen LogP contribution in [0.4, 0.5) is 0 Å². The molecule has 0 amide bonds. The number of hydrogen-bond acceptors (Lipinski definition) is 3. The second-order valence-electron chi connectivity index (χ2n) is 7.07. The lowest BCUT2D eigenvalue weighted by atomic mass is 9.99. The number of carboxylic acid groups (broad SMARTS) is 1. The summed E-state index contributed by atoms with van der Waals surface area (Å²) < 4.78 is 7.35. The molecule has 5 heteroatoms. The normalized spacial score (nSPS) is 11.1. The van der Waals surface area contributed by atoms with Gasteiger partial charge in [-0.2, -0.15) is 0 Å². The molecule has 5 rings (SSSR count). The maximum Gasteiger partial charge on any atom is 0.339 e. The van der Waals surface area contributed by atoms with Gasteiger partial charge in [0, 0.05) is 5.69 Å². The quantitative estimate of drug-likeness (QED) is 0.434. The molecule has 30 heavy (non-hydrogen) atoms. The number of benzene rings is 4. The topological polar surface area (TPSA) is 64.4 Å². The zero-order valence-corrected chi connectivity index (χ0v) is 16.2. The number of aromatic nitrogens is 2. The van der Waals surface area contributed by atoms with Crippen LogP contribution in [0.1, 0.15) is 10.4 Å². The molecule has 146 valence electrons. The van der Waals surface area contributed by atoms with E-state index in [2.05, 4.69) is 39.9 Å². The maximum atomic E-state index is 11.5. The number of carboxylic acids is 1. The molecule has 1 aromatic heterocycles. The van der Waals surface area contributed by atoms with Crippen molar-refractivity contribution >= 4 is 27.8 Å². The monoisotopic (exact) mass is 394 g/mol. The SMILES string of the molecule is COc1cc2cc(-c3cccc(-n4cnc5ccccc54)c3)ccc2cc1C(=O)O. The zero-order valence-electron chi connectivity index (χ0n) is 16.2. The van der Waals surface area contributed by atoms with E-state index in [-0.39, 0.29) is 5.56 Å². The molecule has 5 aromatic rings. The van der Waals surface area contributed by atoms with E-state index in [1.165, 1.54) is 7.11 Å². The van der Waals surface area contributed by atoms with Crippen LogP contribution in [0.15, 0.2) is 85.2 Å². The Labute approximate surface area is 172 Å². The van der Waals surface area contributed by atoms with Crippen LogP contribution in [0.5, 0.6) is 5.75 Å². The lowest BCUT2D eigenvalue weighted by Crippen LogP contribution is -2.00. The van der Waals surface area contributed by atoms with Gasteiger partial charge in [0.05, 0.1) is 18.1 Å². The summed E-state index contributed by atoms with van der Waals surface area (Å²) in [6.45, 7) is 0. The predicted molar refractivity (Wildman–Crippen MR) is 118 cm³/mol. The summed E-state index contributed by atoms with van der Waals surface area (Å²) in [6, 6.07) is 25.7.